The number of likely N-dealkylation sites (N-methyl/N-ethyl adjacent to an activating group) is 1. The lowest BCUT2D eigenvalue weighted by molar-refractivity contribution is 0.217. The lowest BCUT2D eigenvalue weighted by atomic mass is 9.76. The molecule has 1 unspecified atom stereocenters. The smallest absolute Gasteiger partial charge is 0.0453 e. The summed E-state index contributed by atoms with van der Waals surface area (Å²) in [6.45, 7) is 2.29. The fraction of sp³-hybridized carbons (Fsp3) is 0.667. The Morgan fingerprint density at radius 1 is 1.14 bits per heavy atom. The normalized spacial score (nSPS) is 24.0. The molecule has 3 heteroatoms. The van der Waals surface area contributed by atoms with Gasteiger partial charge in [-0.2, -0.15) is 0 Å². The van der Waals surface area contributed by atoms with Crippen molar-refractivity contribution in [2.75, 3.05) is 7.05 Å². The zero-order valence-electron chi connectivity index (χ0n) is 13.2. The van der Waals surface area contributed by atoms with E-state index in [9.17, 15) is 0 Å². The molecule has 1 aliphatic carbocycles. The lowest BCUT2D eigenvalue weighted by Crippen LogP contribution is -2.37. The summed E-state index contributed by atoms with van der Waals surface area (Å²) in [5, 5.41) is 5.09. The minimum Gasteiger partial charge on any atom is -0.316 e. The zero-order chi connectivity index (χ0) is 15.2. The summed E-state index contributed by atoms with van der Waals surface area (Å²) in [4.78, 5) is 0. The quantitative estimate of drug-likeness (QED) is 0.703. The second kappa shape index (κ2) is 8.41. The molecule has 0 saturated heterocycles. The minimum atomic E-state index is 0.477. The number of nitrogens with one attached hydrogen (secondary N) is 1. The fourth-order valence-electron chi connectivity index (χ4n) is 3.74. The van der Waals surface area contributed by atoms with E-state index in [1.54, 1.807) is 0 Å². The average Bonchev–Trinajstić information content (AvgIpc) is 2.49. The third-order valence-electron chi connectivity index (χ3n) is 5.01. The van der Waals surface area contributed by atoms with Crippen LogP contribution >= 0.6 is 23.2 Å². The largest absolute Gasteiger partial charge is 0.316 e. The van der Waals surface area contributed by atoms with Crippen LogP contribution < -0.4 is 5.32 Å². The average molecular weight is 328 g/mol. The molecule has 1 aromatic rings. The van der Waals surface area contributed by atoms with Crippen molar-refractivity contribution >= 4 is 23.2 Å². The van der Waals surface area contributed by atoms with Gasteiger partial charge in [-0.25, -0.2) is 0 Å². The van der Waals surface area contributed by atoms with Crippen LogP contribution in [-0.4, -0.2) is 13.1 Å². The van der Waals surface area contributed by atoms with E-state index in [1.807, 2.05) is 18.2 Å². The van der Waals surface area contributed by atoms with E-state index in [2.05, 4.69) is 19.3 Å². The van der Waals surface area contributed by atoms with Gasteiger partial charge in [0, 0.05) is 16.1 Å². The summed E-state index contributed by atoms with van der Waals surface area (Å²) < 4.78 is 0. The summed E-state index contributed by atoms with van der Waals surface area (Å²) in [5.41, 5.74) is 1.09. The van der Waals surface area contributed by atoms with Crippen LogP contribution in [0.2, 0.25) is 10.0 Å². The van der Waals surface area contributed by atoms with Crippen LogP contribution in [0.4, 0.5) is 0 Å². The maximum Gasteiger partial charge on any atom is 0.0453 e. The molecule has 1 saturated carbocycles. The van der Waals surface area contributed by atoms with Crippen molar-refractivity contribution in [3.8, 4) is 0 Å². The monoisotopic (exact) mass is 327 g/mol. The molecule has 0 spiro atoms. The highest BCUT2D eigenvalue weighted by molar-refractivity contribution is 6.36. The van der Waals surface area contributed by atoms with Crippen LogP contribution in [-0.2, 0) is 6.42 Å². The second-order valence-corrected chi connectivity index (χ2v) is 7.18. The molecular formula is C18H27Cl2N. The first-order valence-electron chi connectivity index (χ1n) is 8.25. The Bertz CT molecular complexity index is 419. The first kappa shape index (κ1) is 17.1. The van der Waals surface area contributed by atoms with Gasteiger partial charge in [-0.15, -0.1) is 0 Å². The Hall–Kier alpha value is -0.240. The Balaban J connectivity index is 1.98. The third-order valence-corrected chi connectivity index (χ3v) is 5.72. The van der Waals surface area contributed by atoms with Gasteiger partial charge >= 0.3 is 0 Å². The predicted octanol–water partition coefficient (Wildman–Crippen LogP) is 5.73. The van der Waals surface area contributed by atoms with Crippen LogP contribution in [0.15, 0.2) is 18.2 Å². The number of hydrogen-bond acceptors (Lipinski definition) is 1. The SMILES string of the molecule is CCCC1CCC(C(Cc2c(Cl)cccc2Cl)NC)CC1. The van der Waals surface area contributed by atoms with Gasteiger partial charge in [0.05, 0.1) is 0 Å². The van der Waals surface area contributed by atoms with Gasteiger partial charge in [-0.3, -0.25) is 0 Å². The van der Waals surface area contributed by atoms with Gasteiger partial charge < -0.3 is 5.32 Å². The molecule has 0 aliphatic heterocycles. The molecule has 0 amide bonds. The van der Waals surface area contributed by atoms with Crippen molar-refractivity contribution in [3.63, 3.8) is 0 Å². The summed E-state index contributed by atoms with van der Waals surface area (Å²) >= 11 is 12.6. The van der Waals surface area contributed by atoms with E-state index in [-0.39, 0.29) is 0 Å². The van der Waals surface area contributed by atoms with E-state index in [0.29, 0.717) is 6.04 Å². The Labute approximate surface area is 139 Å². The first-order valence-corrected chi connectivity index (χ1v) is 9.01. The molecule has 1 N–H and O–H groups in total. The lowest BCUT2D eigenvalue weighted by Gasteiger charge is -2.34. The molecular weight excluding hydrogens is 301 g/mol. The second-order valence-electron chi connectivity index (χ2n) is 6.37. The fourth-order valence-corrected chi connectivity index (χ4v) is 4.29. The molecule has 1 atom stereocenters. The maximum absolute atomic E-state index is 6.32. The van der Waals surface area contributed by atoms with Crippen molar-refractivity contribution in [3.05, 3.63) is 33.8 Å². The van der Waals surface area contributed by atoms with E-state index >= 15 is 0 Å². The van der Waals surface area contributed by atoms with Crippen LogP contribution in [0.3, 0.4) is 0 Å². The summed E-state index contributed by atoms with van der Waals surface area (Å²) in [6.07, 6.45) is 9.07. The summed E-state index contributed by atoms with van der Waals surface area (Å²) in [7, 11) is 2.06. The van der Waals surface area contributed by atoms with Crippen molar-refractivity contribution < 1.29 is 0 Å². The van der Waals surface area contributed by atoms with Crippen molar-refractivity contribution in [2.45, 2.75) is 57.9 Å². The predicted molar refractivity (Wildman–Crippen MR) is 93.4 cm³/mol. The van der Waals surface area contributed by atoms with Crippen molar-refractivity contribution in [1.82, 2.24) is 5.32 Å². The minimum absolute atomic E-state index is 0.477. The van der Waals surface area contributed by atoms with E-state index in [1.165, 1.54) is 38.5 Å². The molecule has 2 rings (SSSR count). The van der Waals surface area contributed by atoms with E-state index in [4.69, 9.17) is 23.2 Å². The number of hydrogen-bond donors (Lipinski definition) is 1. The van der Waals surface area contributed by atoms with E-state index < -0.39 is 0 Å². The van der Waals surface area contributed by atoms with Crippen molar-refractivity contribution in [2.24, 2.45) is 11.8 Å². The first-order chi connectivity index (χ1) is 10.2. The highest BCUT2D eigenvalue weighted by Crippen LogP contribution is 2.35. The van der Waals surface area contributed by atoms with Gasteiger partial charge in [0.25, 0.3) is 0 Å². The molecule has 1 nitrogen and oxygen atoms in total. The molecule has 0 radical (unpaired) electrons. The molecule has 118 valence electrons. The van der Waals surface area contributed by atoms with Gasteiger partial charge in [0.2, 0.25) is 0 Å². The van der Waals surface area contributed by atoms with Crippen LogP contribution in [0.5, 0.6) is 0 Å². The van der Waals surface area contributed by atoms with E-state index in [0.717, 1.165) is 33.9 Å². The number of rotatable bonds is 6. The van der Waals surface area contributed by atoms with Crippen LogP contribution in [0.1, 0.15) is 51.0 Å². The zero-order valence-corrected chi connectivity index (χ0v) is 14.7. The van der Waals surface area contributed by atoms with Crippen LogP contribution in [0, 0.1) is 11.8 Å². The highest BCUT2D eigenvalue weighted by Gasteiger charge is 2.27. The molecule has 1 fully saturated rings. The molecule has 1 aliphatic rings. The Morgan fingerprint density at radius 3 is 2.29 bits per heavy atom. The van der Waals surface area contributed by atoms with Gasteiger partial charge in [-0.1, -0.05) is 61.9 Å². The highest BCUT2D eigenvalue weighted by atomic mass is 35.5. The molecule has 0 heterocycles. The number of halogens is 2. The number of benzene rings is 1. The maximum atomic E-state index is 6.32. The van der Waals surface area contributed by atoms with Crippen molar-refractivity contribution in [1.29, 1.82) is 0 Å². The third kappa shape index (κ3) is 4.61. The molecule has 1 aromatic carbocycles. The molecule has 0 aromatic heterocycles. The molecule has 0 bridgehead atoms. The topological polar surface area (TPSA) is 12.0 Å². The summed E-state index contributed by atoms with van der Waals surface area (Å²) in [6, 6.07) is 6.27. The van der Waals surface area contributed by atoms with Crippen LogP contribution in [0.25, 0.3) is 0 Å². The van der Waals surface area contributed by atoms with Gasteiger partial charge in [-0.05, 0) is 55.8 Å². The Kier molecular flexibility index (Phi) is 6.85. The Morgan fingerprint density at radius 2 is 1.76 bits per heavy atom. The van der Waals surface area contributed by atoms with Gasteiger partial charge in [0.1, 0.15) is 0 Å². The van der Waals surface area contributed by atoms with Gasteiger partial charge in [0.15, 0.2) is 0 Å². The summed E-state index contributed by atoms with van der Waals surface area (Å²) in [5.74, 6) is 1.70. The standard InChI is InChI=1S/C18H27Cl2N/c1-3-5-13-8-10-14(11-9-13)18(21-2)12-15-16(19)6-4-7-17(15)20/h4,6-7,13-14,18,21H,3,5,8-12H2,1-2H3. The molecule has 21 heavy (non-hydrogen) atoms.